The van der Waals surface area contributed by atoms with Crippen LogP contribution in [0.1, 0.15) is 49.7 Å². The third kappa shape index (κ3) is 4.00. The van der Waals surface area contributed by atoms with E-state index in [1.165, 1.54) is 25.3 Å². The number of nitrogens with one attached hydrogen (secondary N) is 1. The number of fused-ring (bicyclic) bond motifs is 2. The lowest BCUT2D eigenvalue weighted by molar-refractivity contribution is -0.131. The number of carboxylic acid groups (broad SMARTS) is 1. The first-order valence-corrected chi connectivity index (χ1v) is 8.58. The molecule has 24 heavy (non-hydrogen) atoms. The summed E-state index contributed by atoms with van der Waals surface area (Å²) in [6, 6.07) is 1.81. The zero-order chi connectivity index (χ0) is 16.9. The Morgan fingerprint density at radius 2 is 2.08 bits per heavy atom. The average molecular weight is 329 g/mol. The summed E-state index contributed by atoms with van der Waals surface area (Å²) < 4.78 is 0. The number of amides is 1. The molecule has 1 saturated heterocycles. The van der Waals surface area contributed by atoms with Gasteiger partial charge in [0.25, 0.3) is 0 Å². The van der Waals surface area contributed by atoms with Crippen LogP contribution in [0, 0.1) is 0 Å². The molecule has 6 heteroatoms. The second-order valence-corrected chi connectivity index (χ2v) is 6.48. The maximum Gasteiger partial charge on any atom is 0.328 e. The van der Waals surface area contributed by atoms with E-state index in [0.29, 0.717) is 12.4 Å². The Bertz CT molecular complexity index is 657. The molecular weight excluding hydrogens is 306 g/mol. The van der Waals surface area contributed by atoms with Crippen LogP contribution in [0.4, 0.5) is 5.82 Å². The standard InChI is InChI=1S/C18H23N3O3/c22-16(23)8-7-13-10-14-12-21-9-5-3-1-2-4-6-15(21)18(24)20-17(14)19-11-13/h7-8,10-11,15H,1-6,9,12H2,(H,22,23)(H,19,20,24)/b8-7+. The van der Waals surface area contributed by atoms with E-state index in [0.717, 1.165) is 43.0 Å². The molecule has 0 spiro atoms. The summed E-state index contributed by atoms with van der Waals surface area (Å²) in [6.45, 7) is 1.58. The van der Waals surface area contributed by atoms with Gasteiger partial charge in [0.15, 0.2) is 0 Å². The van der Waals surface area contributed by atoms with E-state index in [1.54, 1.807) is 6.20 Å². The van der Waals surface area contributed by atoms with Crippen LogP contribution in [0.15, 0.2) is 18.3 Å². The Morgan fingerprint density at radius 1 is 1.29 bits per heavy atom. The lowest BCUT2D eigenvalue weighted by atomic mass is 10.1. The van der Waals surface area contributed by atoms with Gasteiger partial charge in [0.2, 0.25) is 5.91 Å². The Labute approximate surface area is 141 Å². The number of anilines is 1. The first-order chi connectivity index (χ1) is 11.6. The van der Waals surface area contributed by atoms with Gasteiger partial charge in [-0.05, 0) is 37.1 Å². The number of aromatic nitrogens is 1. The molecule has 1 atom stereocenters. The van der Waals surface area contributed by atoms with Crippen LogP contribution >= 0.6 is 0 Å². The highest BCUT2D eigenvalue weighted by Gasteiger charge is 2.30. The predicted octanol–water partition coefficient (Wildman–Crippen LogP) is 2.66. The highest BCUT2D eigenvalue weighted by Crippen LogP contribution is 2.26. The largest absolute Gasteiger partial charge is 0.478 e. The summed E-state index contributed by atoms with van der Waals surface area (Å²) in [5.74, 6) is -0.368. The van der Waals surface area contributed by atoms with Crippen LogP contribution < -0.4 is 5.32 Å². The quantitative estimate of drug-likeness (QED) is 0.815. The molecule has 0 saturated carbocycles. The SMILES string of the molecule is O=C(O)/C=C/c1cnc2c(c1)CN1CCCCCCCC1C(=O)N2. The molecule has 0 radical (unpaired) electrons. The lowest BCUT2D eigenvalue weighted by Gasteiger charge is -2.27. The van der Waals surface area contributed by atoms with Crippen molar-refractivity contribution in [2.75, 3.05) is 11.9 Å². The number of carboxylic acids is 1. The van der Waals surface area contributed by atoms with Crippen molar-refractivity contribution in [3.63, 3.8) is 0 Å². The van der Waals surface area contributed by atoms with Gasteiger partial charge in [-0.3, -0.25) is 9.69 Å². The van der Waals surface area contributed by atoms with Crippen LogP contribution in [-0.2, 0) is 16.1 Å². The molecule has 3 heterocycles. The minimum absolute atomic E-state index is 0.0250. The highest BCUT2D eigenvalue weighted by atomic mass is 16.4. The molecule has 0 bridgehead atoms. The van der Waals surface area contributed by atoms with Crippen molar-refractivity contribution < 1.29 is 14.7 Å². The van der Waals surface area contributed by atoms with Crippen LogP contribution in [0.2, 0.25) is 0 Å². The van der Waals surface area contributed by atoms with Crippen molar-refractivity contribution in [3.05, 3.63) is 29.5 Å². The van der Waals surface area contributed by atoms with Crippen molar-refractivity contribution in [1.82, 2.24) is 9.88 Å². The van der Waals surface area contributed by atoms with Gasteiger partial charge in [-0.1, -0.05) is 25.7 Å². The number of aliphatic carboxylic acids is 1. The number of carbonyl (C=O) groups is 2. The molecule has 1 amide bonds. The second-order valence-electron chi connectivity index (χ2n) is 6.48. The summed E-state index contributed by atoms with van der Waals surface area (Å²) in [4.78, 5) is 29.9. The molecule has 1 aromatic rings. The number of carbonyl (C=O) groups excluding carboxylic acids is 1. The van der Waals surface area contributed by atoms with Crippen LogP contribution in [0.5, 0.6) is 0 Å². The van der Waals surface area contributed by atoms with Crippen LogP contribution in [0.25, 0.3) is 6.08 Å². The molecule has 0 aromatic carbocycles. The van der Waals surface area contributed by atoms with Crippen molar-refractivity contribution in [1.29, 1.82) is 0 Å². The fourth-order valence-electron chi connectivity index (χ4n) is 3.45. The van der Waals surface area contributed by atoms with Gasteiger partial charge in [-0.15, -0.1) is 0 Å². The summed E-state index contributed by atoms with van der Waals surface area (Å²) >= 11 is 0. The van der Waals surface area contributed by atoms with Gasteiger partial charge in [0, 0.05) is 24.4 Å². The molecule has 1 aromatic heterocycles. The smallest absolute Gasteiger partial charge is 0.328 e. The van der Waals surface area contributed by atoms with Crippen molar-refractivity contribution in [3.8, 4) is 0 Å². The first kappa shape index (κ1) is 16.6. The number of hydrogen-bond acceptors (Lipinski definition) is 4. The van der Waals surface area contributed by atoms with Crippen molar-refractivity contribution >= 4 is 23.8 Å². The highest BCUT2D eigenvalue weighted by molar-refractivity contribution is 5.95. The van der Waals surface area contributed by atoms with Gasteiger partial charge in [0.05, 0.1) is 6.04 Å². The van der Waals surface area contributed by atoms with Crippen molar-refractivity contribution in [2.45, 2.75) is 51.1 Å². The Balaban J connectivity index is 1.87. The Kier molecular flexibility index (Phi) is 5.25. The lowest BCUT2D eigenvalue weighted by Crippen LogP contribution is -2.42. The number of rotatable bonds is 2. The van der Waals surface area contributed by atoms with Gasteiger partial charge >= 0.3 is 5.97 Å². The van der Waals surface area contributed by atoms with Crippen LogP contribution in [0.3, 0.4) is 0 Å². The van der Waals surface area contributed by atoms with E-state index in [2.05, 4.69) is 15.2 Å². The van der Waals surface area contributed by atoms with Gasteiger partial charge < -0.3 is 10.4 Å². The maximum absolute atomic E-state index is 12.6. The van der Waals surface area contributed by atoms with E-state index in [9.17, 15) is 9.59 Å². The average Bonchev–Trinajstić information content (AvgIpc) is 2.62. The molecule has 6 nitrogen and oxygen atoms in total. The number of hydrogen-bond donors (Lipinski definition) is 2. The third-order valence-electron chi connectivity index (χ3n) is 4.69. The summed E-state index contributed by atoms with van der Waals surface area (Å²) in [5, 5.41) is 11.7. The molecule has 128 valence electrons. The minimum Gasteiger partial charge on any atom is -0.478 e. The zero-order valence-corrected chi connectivity index (χ0v) is 13.7. The molecule has 2 aliphatic rings. The normalized spacial score (nSPS) is 22.5. The van der Waals surface area contributed by atoms with Gasteiger partial charge in [-0.25, -0.2) is 9.78 Å². The Morgan fingerprint density at radius 3 is 2.92 bits per heavy atom. The maximum atomic E-state index is 12.6. The Hall–Kier alpha value is -2.21. The molecule has 1 unspecified atom stereocenters. The second kappa shape index (κ2) is 7.57. The molecule has 0 aliphatic carbocycles. The molecule has 2 aliphatic heterocycles. The third-order valence-corrected chi connectivity index (χ3v) is 4.69. The zero-order valence-electron chi connectivity index (χ0n) is 13.7. The van der Waals surface area contributed by atoms with E-state index < -0.39 is 5.97 Å². The summed E-state index contributed by atoms with van der Waals surface area (Å²) in [6.07, 6.45) is 10.9. The van der Waals surface area contributed by atoms with Gasteiger partial charge in [-0.2, -0.15) is 0 Å². The number of pyridine rings is 1. The van der Waals surface area contributed by atoms with E-state index >= 15 is 0 Å². The van der Waals surface area contributed by atoms with Crippen LogP contribution in [-0.4, -0.2) is 39.5 Å². The summed E-state index contributed by atoms with van der Waals surface area (Å²) in [7, 11) is 0. The fraction of sp³-hybridized carbons (Fsp3) is 0.500. The summed E-state index contributed by atoms with van der Waals surface area (Å²) in [5.41, 5.74) is 1.67. The van der Waals surface area contributed by atoms with E-state index in [1.807, 2.05) is 6.07 Å². The molecule has 1 fully saturated rings. The fourth-order valence-corrected chi connectivity index (χ4v) is 3.45. The predicted molar refractivity (Wildman–Crippen MR) is 91.4 cm³/mol. The minimum atomic E-state index is -0.988. The van der Waals surface area contributed by atoms with E-state index in [-0.39, 0.29) is 11.9 Å². The monoisotopic (exact) mass is 329 g/mol. The number of nitrogens with zero attached hydrogens (tertiary/aromatic N) is 2. The van der Waals surface area contributed by atoms with E-state index in [4.69, 9.17) is 5.11 Å². The first-order valence-electron chi connectivity index (χ1n) is 8.58. The van der Waals surface area contributed by atoms with Crippen molar-refractivity contribution in [2.24, 2.45) is 0 Å². The molecule has 3 rings (SSSR count). The topological polar surface area (TPSA) is 82.5 Å². The molecule has 2 N–H and O–H groups in total. The van der Waals surface area contributed by atoms with Gasteiger partial charge in [0.1, 0.15) is 5.82 Å². The molecular formula is C18H23N3O3.